The Morgan fingerprint density at radius 1 is 1.21 bits per heavy atom. The molecule has 0 amide bonds. The highest BCUT2D eigenvalue weighted by Gasteiger charge is 2.08. The zero-order valence-electron chi connectivity index (χ0n) is 11.3. The second-order valence-corrected chi connectivity index (χ2v) is 4.01. The molecule has 0 bridgehead atoms. The van der Waals surface area contributed by atoms with E-state index in [2.05, 4.69) is 27.4 Å². The van der Waals surface area contributed by atoms with Crippen LogP contribution in [0.25, 0.3) is 11.0 Å². The first kappa shape index (κ1) is 13.3. The van der Waals surface area contributed by atoms with Gasteiger partial charge in [0.1, 0.15) is 0 Å². The number of unbranched alkanes of at least 4 members (excludes halogenated alkanes) is 1. The monoisotopic (exact) mass is 258 g/mol. The molecule has 0 saturated carbocycles. The van der Waals surface area contributed by atoms with Gasteiger partial charge < -0.3 is 4.74 Å². The number of nitrogens with zero attached hydrogens (tertiary/aromatic N) is 3. The lowest BCUT2D eigenvalue weighted by Crippen LogP contribution is -2.02. The molecule has 0 atom stereocenters. The topological polar surface area (TPSA) is 59.4 Å². The van der Waals surface area contributed by atoms with E-state index in [-0.39, 0.29) is 0 Å². The summed E-state index contributed by atoms with van der Waals surface area (Å²) in [5.74, 6) is 1.03. The number of hydrogen-bond donors (Lipinski definition) is 1. The van der Waals surface area contributed by atoms with E-state index in [1.54, 1.807) is 0 Å². The van der Waals surface area contributed by atoms with E-state index < -0.39 is 0 Å². The average Bonchev–Trinajstić information content (AvgIpc) is 2.44. The van der Waals surface area contributed by atoms with Gasteiger partial charge in [-0.1, -0.05) is 25.5 Å². The summed E-state index contributed by atoms with van der Waals surface area (Å²) in [6.07, 6.45) is 3.82. The number of hydrogen-bond acceptors (Lipinski definition) is 5. The number of hydrazone groups is 1. The lowest BCUT2D eigenvalue weighted by Gasteiger charge is -2.08. The van der Waals surface area contributed by atoms with E-state index in [1.165, 1.54) is 0 Å². The van der Waals surface area contributed by atoms with Gasteiger partial charge in [-0.15, -0.1) is 0 Å². The summed E-state index contributed by atoms with van der Waals surface area (Å²) in [5, 5.41) is 4.12. The second-order valence-electron chi connectivity index (χ2n) is 4.01. The van der Waals surface area contributed by atoms with Crippen LogP contribution in [-0.2, 0) is 0 Å². The molecule has 5 nitrogen and oxygen atoms in total. The largest absolute Gasteiger partial charge is 0.475 e. The summed E-state index contributed by atoms with van der Waals surface area (Å²) >= 11 is 0. The predicted octanol–water partition coefficient (Wildman–Crippen LogP) is 3.23. The van der Waals surface area contributed by atoms with E-state index in [0.29, 0.717) is 18.3 Å². The first-order chi connectivity index (χ1) is 9.35. The number of anilines is 1. The van der Waals surface area contributed by atoms with Gasteiger partial charge in [0.25, 0.3) is 5.88 Å². The predicted molar refractivity (Wildman–Crippen MR) is 77.7 cm³/mol. The zero-order chi connectivity index (χ0) is 13.5. The molecule has 1 aromatic heterocycles. The Kier molecular flexibility index (Phi) is 4.66. The highest BCUT2D eigenvalue weighted by atomic mass is 16.5. The molecule has 2 rings (SSSR count). The molecule has 1 heterocycles. The summed E-state index contributed by atoms with van der Waals surface area (Å²) in [7, 11) is 0. The second kappa shape index (κ2) is 6.68. The zero-order valence-corrected chi connectivity index (χ0v) is 11.3. The average molecular weight is 258 g/mol. The molecule has 1 aromatic carbocycles. The van der Waals surface area contributed by atoms with Crippen LogP contribution in [0.2, 0.25) is 0 Å². The van der Waals surface area contributed by atoms with Gasteiger partial charge in [-0.3, -0.25) is 5.43 Å². The number of nitrogens with one attached hydrogen (secondary N) is 1. The summed E-state index contributed by atoms with van der Waals surface area (Å²) < 4.78 is 5.49. The normalized spacial score (nSPS) is 11.1. The first-order valence-electron chi connectivity index (χ1n) is 6.52. The molecule has 0 aliphatic rings. The van der Waals surface area contributed by atoms with Crippen LogP contribution in [0.1, 0.15) is 26.7 Å². The number of ether oxygens (including phenoxy) is 1. The van der Waals surface area contributed by atoms with Crippen LogP contribution in [0, 0.1) is 0 Å². The Morgan fingerprint density at radius 2 is 1.95 bits per heavy atom. The van der Waals surface area contributed by atoms with Gasteiger partial charge in [0.15, 0.2) is 0 Å². The maximum atomic E-state index is 5.49. The number of para-hydroxylation sites is 2. The molecule has 0 saturated heterocycles. The molecule has 0 unspecified atom stereocenters. The third-order valence-electron chi connectivity index (χ3n) is 2.50. The highest BCUT2D eigenvalue weighted by molar-refractivity contribution is 5.77. The van der Waals surface area contributed by atoms with Gasteiger partial charge in [-0.2, -0.15) is 5.10 Å². The lowest BCUT2D eigenvalue weighted by molar-refractivity contribution is 0.328. The minimum atomic E-state index is 0.481. The van der Waals surface area contributed by atoms with E-state index in [0.717, 1.165) is 23.9 Å². The fraction of sp³-hybridized carbons (Fsp3) is 0.357. The standard InChI is InChI=1S/C14H18N4O/c1-3-5-10-15-18-13-14(19-4-2)17-12-9-7-6-8-11(12)16-13/h6-10H,3-5H2,1-2H3,(H,16,18)/b15-10+. The van der Waals surface area contributed by atoms with Crippen molar-refractivity contribution in [1.29, 1.82) is 0 Å². The maximum absolute atomic E-state index is 5.49. The van der Waals surface area contributed by atoms with E-state index in [9.17, 15) is 0 Å². The quantitative estimate of drug-likeness (QED) is 0.638. The van der Waals surface area contributed by atoms with Crippen LogP contribution < -0.4 is 10.2 Å². The molecule has 2 aromatic rings. The summed E-state index contributed by atoms with van der Waals surface area (Å²) in [4.78, 5) is 8.92. The maximum Gasteiger partial charge on any atom is 0.259 e. The van der Waals surface area contributed by atoms with Crippen molar-refractivity contribution in [1.82, 2.24) is 9.97 Å². The van der Waals surface area contributed by atoms with Crippen molar-refractivity contribution in [3.05, 3.63) is 24.3 Å². The summed E-state index contributed by atoms with van der Waals surface area (Å²) in [5.41, 5.74) is 4.53. The van der Waals surface area contributed by atoms with Crippen LogP contribution in [0.4, 0.5) is 5.82 Å². The SMILES string of the molecule is CCC/C=N/Nc1nc2ccccc2nc1OCC. The van der Waals surface area contributed by atoms with Crippen molar-refractivity contribution in [2.75, 3.05) is 12.0 Å². The lowest BCUT2D eigenvalue weighted by atomic mass is 10.3. The molecule has 0 aliphatic heterocycles. The number of rotatable bonds is 6. The van der Waals surface area contributed by atoms with Crippen molar-refractivity contribution in [3.8, 4) is 5.88 Å². The summed E-state index contributed by atoms with van der Waals surface area (Å²) in [6.45, 7) is 4.56. The van der Waals surface area contributed by atoms with Crippen LogP contribution in [0.3, 0.4) is 0 Å². The van der Waals surface area contributed by atoms with Crippen molar-refractivity contribution < 1.29 is 4.74 Å². The van der Waals surface area contributed by atoms with Crippen molar-refractivity contribution >= 4 is 23.1 Å². The van der Waals surface area contributed by atoms with Crippen LogP contribution in [0.5, 0.6) is 5.88 Å². The molecule has 0 fully saturated rings. The molecule has 0 aliphatic carbocycles. The Bertz CT molecular complexity index is 568. The third-order valence-corrected chi connectivity index (χ3v) is 2.50. The molecule has 0 spiro atoms. The minimum absolute atomic E-state index is 0.481. The van der Waals surface area contributed by atoms with E-state index in [4.69, 9.17) is 4.74 Å². The van der Waals surface area contributed by atoms with Crippen molar-refractivity contribution in [3.63, 3.8) is 0 Å². The Morgan fingerprint density at radius 3 is 2.63 bits per heavy atom. The minimum Gasteiger partial charge on any atom is -0.475 e. The number of fused-ring (bicyclic) bond motifs is 1. The van der Waals surface area contributed by atoms with Gasteiger partial charge in [-0.05, 0) is 25.5 Å². The van der Waals surface area contributed by atoms with Crippen molar-refractivity contribution in [2.45, 2.75) is 26.7 Å². The number of aromatic nitrogens is 2. The summed E-state index contributed by atoms with van der Waals surface area (Å²) in [6, 6.07) is 7.69. The number of benzene rings is 1. The van der Waals surface area contributed by atoms with Gasteiger partial charge in [-0.25, -0.2) is 9.97 Å². The van der Waals surface area contributed by atoms with Crippen LogP contribution in [0.15, 0.2) is 29.4 Å². The Balaban J connectivity index is 2.30. The fourth-order valence-corrected chi connectivity index (χ4v) is 1.59. The van der Waals surface area contributed by atoms with Gasteiger partial charge >= 0.3 is 0 Å². The van der Waals surface area contributed by atoms with Gasteiger partial charge in [0, 0.05) is 6.21 Å². The molecule has 5 heteroatoms. The Hall–Kier alpha value is -2.17. The third kappa shape index (κ3) is 3.40. The first-order valence-corrected chi connectivity index (χ1v) is 6.52. The molecule has 0 radical (unpaired) electrons. The smallest absolute Gasteiger partial charge is 0.259 e. The highest BCUT2D eigenvalue weighted by Crippen LogP contribution is 2.23. The van der Waals surface area contributed by atoms with Gasteiger partial charge in [0.05, 0.1) is 17.6 Å². The fourth-order valence-electron chi connectivity index (χ4n) is 1.59. The molecule has 100 valence electrons. The molecular weight excluding hydrogens is 240 g/mol. The molecule has 1 N–H and O–H groups in total. The molecular formula is C14H18N4O. The van der Waals surface area contributed by atoms with Crippen LogP contribution in [-0.4, -0.2) is 22.8 Å². The van der Waals surface area contributed by atoms with E-state index in [1.807, 2.05) is 37.4 Å². The van der Waals surface area contributed by atoms with E-state index >= 15 is 0 Å². The molecule has 19 heavy (non-hydrogen) atoms. The van der Waals surface area contributed by atoms with Crippen molar-refractivity contribution in [2.24, 2.45) is 5.10 Å². The van der Waals surface area contributed by atoms with Crippen LogP contribution >= 0.6 is 0 Å². The van der Waals surface area contributed by atoms with Gasteiger partial charge in [0.2, 0.25) is 5.82 Å². The Labute approximate surface area is 112 Å².